The van der Waals surface area contributed by atoms with E-state index in [9.17, 15) is 13.2 Å². The minimum Gasteiger partial charge on any atom is -0.495 e. The van der Waals surface area contributed by atoms with Crippen LogP contribution in [0, 0.1) is 0 Å². The van der Waals surface area contributed by atoms with Crippen molar-refractivity contribution in [3.8, 4) is 5.75 Å². The quantitative estimate of drug-likeness (QED) is 0.548. The third-order valence-electron chi connectivity index (χ3n) is 4.66. The molecule has 0 bridgehead atoms. The molecule has 0 aromatic heterocycles. The Morgan fingerprint density at radius 1 is 0.938 bits per heavy atom. The third kappa shape index (κ3) is 5.96. The lowest BCUT2D eigenvalue weighted by molar-refractivity contribution is 0.102. The van der Waals surface area contributed by atoms with Gasteiger partial charge in [-0.3, -0.25) is 4.79 Å². The molecule has 0 aliphatic rings. The smallest absolute Gasteiger partial charge is 0.255 e. The Kier molecular flexibility index (Phi) is 7.01. The molecule has 168 valence electrons. The van der Waals surface area contributed by atoms with E-state index in [2.05, 4.69) is 10.0 Å². The van der Waals surface area contributed by atoms with Crippen molar-refractivity contribution in [3.05, 3.63) is 89.5 Å². The minimum atomic E-state index is -3.89. The highest BCUT2D eigenvalue weighted by molar-refractivity contribution is 7.89. The lowest BCUT2D eigenvalue weighted by atomic mass is 10.0. The average Bonchev–Trinajstić information content (AvgIpc) is 2.73. The highest BCUT2D eigenvalue weighted by atomic mass is 32.2. The first-order valence-corrected chi connectivity index (χ1v) is 11.7. The number of ether oxygens (including phenoxy) is 1. The Bertz CT molecular complexity index is 1200. The van der Waals surface area contributed by atoms with Gasteiger partial charge in [0.15, 0.2) is 0 Å². The topological polar surface area (TPSA) is 84.5 Å². The summed E-state index contributed by atoms with van der Waals surface area (Å²) in [6.07, 6.45) is 0.662. The number of hydrogen-bond acceptors (Lipinski definition) is 4. The zero-order chi connectivity index (χ0) is 23.4. The maximum absolute atomic E-state index is 13.0. The number of carbonyl (C=O) groups excluding carboxylic acids is 1. The van der Waals surface area contributed by atoms with E-state index in [1.54, 1.807) is 26.8 Å². The van der Waals surface area contributed by atoms with E-state index in [1.807, 2.05) is 54.6 Å². The van der Waals surface area contributed by atoms with E-state index in [4.69, 9.17) is 4.74 Å². The van der Waals surface area contributed by atoms with Crippen molar-refractivity contribution < 1.29 is 17.9 Å². The highest BCUT2D eigenvalue weighted by Gasteiger charge is 2.26. The summed E-state index contributed by atoms with van der Waals surface area (Å²) in [6, 6.07) is 21.9. The number of para-hydroxylation sites is 1. The number of rotatable bonds is 7. The lowest BCUT2D eigenvalue weighted by Crippen LogP contribution is -2.40. The van der Waals surface area contributed by atoms with E-state index >= 15 is 0 Å². The molecule has 0 aliphatic heterocycles. The number of amides is 1. The van der Waals surface area contributed by atoms with Crippen molar-refractivity contribution in [3.63, 3.8) is 0 Å². The molecule has 0 atom stereocenters. The van der Waals surface area contributed by atoms with Gasteiger partial charge in [0.1, 0.15) is 10.6 Å². The fourth-order valence-electron chi connectivity index (χ4n) is 3.29. The molecule has 3 aromatic carbocycles. The summed E-state index contributed by atoms with van der Waals surface area (Å²) in [7, 11) is -2.50. The molecule has 0 spiro atoms. The van der Waals surface area contributed by atoms with Crippen LogP contribution in [0.15, 0.2) is 77.7 Å². The Labute approximate surface area is 189 Å². The summed E-state index contributed by atoms with van der Waals surface area (Å²) >= 11 is 0. The molecule has 7 heteroatoms. The summed E-state index contributed by atoms with van der Waals surface area (Å²) in [5, 5.41) is 2.92. The number of carbonyl (C=O) groups is 1. The van der Waals surface area contributed by atoms with Gasteiger partial charge in [0.05, 0.1) is 7.11 Å². The first-order chi connectivity index (χ1) is 15.1. The van der Waals surface area contributed by atoms with Gasteiger partial charge < -0.3 is 10.1 Å². The zero-order valence-electron chi connectivity index (χ0n) is 18.7. The van der Waals surface area contributed by atoms with E-state index in [0.29, 0.717) is 12.1 Å². The molecule has 32 heavy (non-hydrogen) atoms. The molecule has 0 heterocycles. The predicted molar refractivity (Wildman–Crippen MR) is 127 cm³/mol. The van der Waals surface area contributed by atoms with Crippen molar-refractivity contribution in [1.82, 2.24) is 4.72 Å². The normalized spacial score (nSPS) is 11.8. The first kappa shape index (κ1) is 23.5. The second-order valence-electron chi connectivity index (χ2n) is 8.49. The van der Waals surface area contributed by atoms with E-state index in [1.165, 1.54) is 19.2 Å². The predicted octanol–water partition coefficient (Wildman–Crippen LogP) is 4.62. The van der Waals surface area contributed by atoms with Gasteiger partial charge in [-0.1, -0.05) is 48.5 Å². The fourth-order valence-corrected chi connectivity index (χ4v) is 4.91. The molecular weight excluding hydrogens is 424 g/mol. The molecule has 2 N–H and O–H groups in total. The number of nitrogens with one attached hydrogen (secondary N) is 2. The summed E-state index contributed by atoms with van der Waals surface area (Å²) in [5.41, 5.74) is 2.30. The Morgan fingerprint density at radius 3 is 2.25 bits per heavy atom. The SMILES string of the molecule is COc1ccc(C(=O)Nc2ccccc2Cc2ccccc2)cc1S(=O)(=O)NC(C)(C)C. The van der Waals surface area contributed by atoms with E-state index in [-0.39, 0.29) is 16.2 Å². The third-order valence-corrected chi connectivity index (χ3v) is 6.44. The van der Waals surface area contributed by atoms with Crippen molar-refractivity contribution in [2.45, 2.75) is 37.6 Å². The average molecular weight is 453 g/mol. The first-order valence-electron chi connectivity index (χ1n) is 10.2. The molecule has 0 fully saturated rings. The van der Waals surface area contributed by atoms with Gasteiger partial charge in [-0.25, -0.2) is 13.1 Å². The Morgan fingerprint density at radius 2 is 1.59 bits per heavy atom. The highest BCUT2D eigenvalue weighted by Crippen LogP contribution is 2.27. The van der Waals surface area contributed by atoms with Gasteiger partial charge in [-0.15, -0.1) is 0 Å². The summed E-state index contributed by atoms with van der Waals surface area (Å²) in [4.78, 5) is 12.9. The van der Waals surface area contributed by atoms with Crippen molar-refractivity contribution in [1.29, 1.82) is 0 Å². The van der Waals surface area contributed by atoms with Crippen LogP contribution in [0.4, 0.5) is 5.69 Å². The van der Waals surface area contributed by atoms with E-state index in [0.717, 1.165) is 11.1 Å². The number of methoxy groups -OCH3 is 1. The summed E-state index contributed by atoms with van der Waals surface area (Å²) < 4.78 is 33.6. The van der Waals surface area contributed by atoms with Crippen LogP contribution < -0.4 is 14.8 Å². The van der Waals surface area contributed by atoms with Gasteiger partial charge in [-0.2, -0.15) is 0 Å². The molecule has 0 unspecified atom stereocenters. The van der Waals surface area contributed by atoms with Crippen LogP contribution >= 0.6 is 0 Å². The van der Waals surface area contributed by atoms with Crippen molar-refractivity contribution >= 4 is 21.6 Å². The molecule has 1 amide bonds. The second-order valence-corrected chi connectivity index (χ2v) is 10.1. The Balaban J connectivity index is 1.90. The summed E-state index contributed by atoms with van der Waals surface area (Å²) in [6.45, 7) is 5.24. The molecular formula is C25H28N2O4S. The number of hydrogen-bond donors (Lipinski definition) is 2. The standard InChI is InChI=1S/C25H28N2O4S/c1-25(2,3)27-32(29,30)23-17-20(14-15-22(23)31-4)24(28)26-21-13-9-8-12-19(21)16-18-10-6-5-7-11-18/h5-15,17,27H,16H2,1-4H3,(H,26,28). The molecule has 0 radical (unpaired) electrons. The van der Waals surface area contributed by atoms with Crippen LogP contribution in [-0.4, -0.2) is 27.0 Å². The molecule has 3 aromatic rings. The molecule has 0 saturated heterocycles. The number of anilines is 1. The van der Waals surface area contributed by atoms with Crippen LogP contribution in [0.25, 0.3) is 0 Å². The van der Waals surface area contributed by atoms with Gasteiger partial charge in [0.2, 0.25) is 10.0 Å². The van der Waals surface area contributed by atoms with Crippen LogP contribution in [0.1, 0.15) is 42.3 Å². The molecule has 0 saturated carbocycles. The molecule has 0 aliphatic carbocycles. The van der Waals surface area contributed by atoms with Gasteiger partial charge in [0.25, 0.3) is 5.91 Å². The Hall–Kier alpha value is -3.16. The zero-order valence-corrected chi connectivity index (χ0v) is 19.5. The van der Waals surface area contributed by atoms with Crippen LogP contribution in [-0.2, 0) is 16.4 Å². The van der Waals surface area contributed by atoms with Gasteiger partial charge in [-0.05, 0) is 62.6 Å². The number of sulfonamides is 1. The summed E-state index contributed by atoms with van der Waals surface area (Å²) in [5.74, 6) is -0.233. The second kappa shape index (κ2) is 9.54. The van der Waals surface area contributed by atoms with Crippen molar-refractivity contribution in [2.75, 3.05) is 12.4 Å². The van der Waals surface area contributed by atoms with Crippen LogP contribution in [0.5, 0.6) is 5.75 Å². The van der Waals surface area contributed by atoms with Crippen LogP contribution in [0.3, 0.4) is 0 Å². The number of benzene rings is 3. The maximum Gasteiger partial charge on any atom is 0.255 e. The van der Waals surface area contributed by atoms with E-state index < -0.39 is 21.5 Å². The van der Waals surface area contributed by atoms with Crippen LogP contribution in [0.2, 0.25) is 0 Å². The minimum absolute atomic E-state index is 0.0832. The maximum atomic E-state index is 13.0. The van der Waals surface area contributed by atoms with Crippen molar-refractivity contribution in [2.24, 2.45) is 0 Å². The molecule has 3 rings (SSSR count). The molecule has 6 nitrogen and oxygen atoms in total. The lowest BCUT2D eigenvalue weighted by Gasteiger charge is -2.21. The van der Waals surface area contributed by atoms with Gasteiger partial charge >= 0.3 is 0 Å². The fraction of sp³-hybridized carbons (Fsp3) is 0.240. The monoisotopic (exact) mass is 452 g/mol. The largest absolute Gasteiger partial charge is 0.495 e. The van der Waals surface area contributed by atoms with Gasteiger partial charge in [0, 0.05) is 16.8 Å².